The Labute approximate surface area is 218 Å². The molecule has 1 N–H and O–H groups in total. The molecular weight excluding hydrogens is 488 g/mol. The van der Waals surface area contributed by atoms with Crippen LogP contribution >= 0.6 is 11.3 Å². The molecule has 1 aromatic heterocycles. The van der Waals surface area contributed by atoms with E-state index in [0.717, 1.165) is 26.9 Å². The quantitative estimate of drug-likeness (QED) is 0.204. The van der Waals surface area contributed by atoms with Crippen molar-refractivity contribution in [2.45, 2.75) is 26.8 Å². The summed E-state index contributed by atoms with van der Waals surface area (Å²) in [6, 6.07) is 15.6. The number of aliphatic hydroxyl groups excluding tert-OH is 1. The van der Waals surface area contributed by atoms with Gasteiger partial charge >= 0.3 is 5.91 Å². The highest BCUT2D eigenvalue weighted by Crippen LogP contribution is 2.45. The van der Waals surface area contributed by atoms with Gasteiger partial charge in [-0.15, -0.1) is 0 Å². The summed E-state index contributed by atoms with van der Waals surface area (Å²) < 4.78 is 11.7. The summed E-state index contributed by atoms with van der Waals surface area (Å²) >= 11 is 1.34. The van der Waals surface area contributed by atoms with Crippen molar-refractivity contribution in [2.24, 2.45) is 0 Å². The number of methoxy groups -OCH3 is 2. The van der Waals surface area contributed by atoms with Crippen LogP contribution in [0.4, 0.5) is 5.13 Å². The Kier molecular flexibility index (Phi) is 6.21. The fourth-order valence-electron chi connectivity index (χ4n) is 4.60. The molecule has 5 rings (SSSR count). The van der Waals surface area contributed by atoms with Gasteiger partial charge in [0.15, 0.2) is 5.13 Å². The standard InChI is InChI=1S/C29H26N2O5S/c1-15-7-6-8-18(11-15)25-24(26(32)20-14-19(35-4)9-10-22(20)36-5)27(33)28(34)31(25)29-30-21-12-16(2)17(3)13-23(21)37-29/h6-14,25,32H,1-5H3/b26-24+. The van der Waals surface area contributed by atoms with E-state index < -0.39 is 17.7 Å². The van der Waals surface area contributed by atoms with Crippen LogP contribution in [-0.4, -0.2) is 36.0 Å². The highest BCUT2D eigenvalue weighted by molar-refractivity contribution is 7.22. The number of carbonyl (C=O) groups excluding carboxylic acids is 2. The molecule has 1 unspecified atom stereocenters. The van der Waals surface area contributed by atoms with E-state index in [9.17, 15) is 14.7 Å². The van der Waals surface area contributed by atoms with Crippen molar-refractivity contribution in [1.82, 2.24) is 4.98 Å². The Hall–Kier alpha value is -4.17. The fraction of sp³-hybridized carbons (Fsp3) is 0.207. The Morgan fingerprint density at radius 2 is 1.73 bits per heavy atom. The lowest BCUT2D eigenvalue weighted by Gasteiger charge is -2.23. The van der Waals surface area contributed by atoms with Gasteiger partial charge in [-0.2, -0.15) is 0 Å². The smallest absolute Gasteiger partial charge is 0.301 e. The number of anilines is 1. The van der Waals surface area contributed by atoms with E-state index in [-0.39, 0.29) is 16.9 Å². The first-order chi connectivity index (χ1) is 17.7. The topological polar surface area (TPSA) is 89.0 Å². The third-order valence-electron chi connectivity index (χ3n) is 6.66. The van der Waals surface area contributed by atoms with Gasteiger partial charge in [-0.1, -0.05) is 41.2 Å². The lowest BCUT2D eigenvalue weighted by molar-refractivity contribution is -0.132. The maximum Gasteiger partial charge on any atom is 0.301 e. The lowest BCUT2D eigenvalue weighted by Crippen LogP contribution is -2.29. The Morgan fingerprint density at radius 1 is 0.973 bits per heavy atom. The molecule has 0 spiro atoms. The maximum absolute atomic E-state index is 13.6. The molecule has 0 radical (unpaired) electrons. The number of aromatic nitrogens is 1. The minimum atomic E-state index is -0.876. The first-order valence-electron chi connectivity index (χ1n) is 11.7. The summed E-state index contributed by atoms with van der Waals surface area (Å²) in [5.74, 6) is -1.06. The molecule has 1 aliphatic rings. The molecule has 3 aromatic carbocycles. The zero-order valence-corrected chi connectivity index (χ0v) is 22.0. The van der Waals surface area contributed by atoms with Crippen molar-refractivity contribution < 1.29 is 24.2 Å². The number of carbonyl (C=O) groups is 2. The minimum absolute atomic E-state index is 0.0335. The SMILES string of the molecule is COc1ccc(OC)c(/C(O)=C2\C(=O)C(=O)N(c3nc4cc(C)c(C)cc4s3)C2c2cccc(C)c2)c1. The predicted molar refractivity (Wildman–Crippen MR) is 145 cm³/mol. The van der Waals surface area contributed by atoms with Crippen molar-refractivity contribution in [3.8, 4) is 11.5 Å². The molecule has 4 aromatic rings. The summed E-state index contributed by atoms with van der Waals surface area (Å²) in [5.41, 5.74) is 4.83. The number of fused-ring (bicyclic) bond motifs is 1. The summed E-state index contributed by atoms with van der Waals surface area (Å²) in [6.07, 6.45) is 0. The van der Waals surface area contributed by atoms with E-state index in [1.807, 2.05) is 57.2 Å². The molecule has 188 valence electrons. The number of amides is 1. The summed E-state index contributed by atoms with van der Waals surface area (Å²) in [4.78, 5) is 33.2. The summed E-state index contributed by atoms with van der Waals surface area (Å²) in [7, 11) is 2.98. The van der Waals surface area contributed by atoms with Crippen LogP contribution in [0.2, 0.25) is 0 Å². The predicted octanol–water partition coefficient (Wildman–Crippen LogP) is 5.87. The normalized spacial score (nSPS) is 17.0. The molecule has 1 atom stereocenters. The molecule has 1 fully saturated rings. The number of benzene rings is 3. The van der Waals surface area contributed by atoms with Crippen molar-refractivity contribution in [3.63, 3.8) is 0 Å². The molecule has 8 heteroatoms. The van der Waals surface area contributed by atoms with Crippen LogP contribution in [-0.2, 0) is 9.59 Å². The number of aliphatic hydroxyl groups is 1. The second kappa shape index (κ2) is 9.37. The van der Waals surface area contributed by atoms with Crippen LogP contribution in [0, 0.1) is 20.8 Å². The third-order valence-corrected chi connectivity index (χ3v) is 7.68. The summed E-state index contributed by atoms with van der Waals surface area (Å²) in [5, 5.41) is 11.9. The first kappa shape index (κ1) is 24.5. The van der Waals surface area contributed by atoms with Gasteiger partial charge in [0.1, 0.15) is 17.3 Å². The average molecular weight is 515 g/mol. The molecule has 2 heterocycles. The number of ketones is 1. The Morgan fingerprint density at radius 3 is 2.43 bits per heavy atom. The second-order valence-corrected chi connectivity index (χ2v) is 10.1. The van der Waals surface area contributed by atoms with E-state index in [2.05, 4.69) is 0 Å². The minimum Gasteiger partial charge on any atom is -0.507 e. The number of aryl methyl sites for hydroxylation is 3. The van der Waals surface area contributed by atoms with Gasteiger partial charge in [0, 0.05) is 0 Å². The van der Waals surface area contributed by atoms with Crippen LogP contribution in [0.25, 0.3) is 16.0 Å². The molecule has 37 heavy (non-hydrogen) atoms. The molecule has 7 nitrogen and oxygen atoms in total. The molecule has 1 amide bonds. The monoisotopic (exact) mass is 514 g/mol. The lowest BCUT2D eigenvalue weighted by atomic mass is 9.94. The third kappa shape index (κ3) is 4.13. The fourth-order valence-corrected chi connectivity index (χ4v) is 5.67. The van der Waals surface area contributed by atoms with Gasteiger partial charge in [-0.25, -0.2) is 4.98 Å². The number of ether oxygens (including phenoxy) is 2. The molecular formula is C29H26N2O5S. The zero-order valence-electron chi connectivity index (χ0n) is 21.2. The first-order valence-corrected chi connectivity index (χ1v) is 12.5. The van der Waals surface area contributed by atoms with Crippen LogP contribution in [0.5, 0.6) is 11.5 Å². The van der Waals surface area contributed by atoms with E-state index in [4.69, 9.17) is 14.5 Å². The van der Waals surface area contributed by atoms with E-state index in [1.54, 1.807) is 18.2 Å². The molecule has 0 saturated carbocycles. The Balaban J connectivity index is 1.77. The highest BCUT2D eigenvalue weighted by Gasteiger charge is 2.48. The van der Waals surface area contributed by atoms with Crippen molar-refractivity contribution in [1.29, 1.82) is 0 Å². The number of thiazole rings is 1. The van der Waals surface area contributed by atoms with Gasteiger partial charge in [0.05, 0.1) is 41.6 Å². The van der Waals surface area contributed by atoms with Crippen molar-refractivity contribution in [2.75, 3.05) is 19.1 Å². The number of Topliss-reactive ketones (excluding diaryl/α,β-unsaturated/α-hetero) is 1. The zero-order chi connectivity index (χ0) is 26.4. The highest BCUT2D eigenvalue weighted by atomic mass is 32.1. The van der Waals surface area contributed by atoms with Crippen LogP contribution in [0.15, 0.2) is 60.2 Å². The largest absolute Gasteiger partial charge is 0.507 e. The number of hydrogen-bond donors (Lipinski definition) is 1. The number of nitrogens with zero attached hydrogens (tertiary/aromatic N) is 2. The number of rotatable bonds is 5. The van der Waals surface area contributed by atoms with Crippen LogP contribution in [0.1, 0.15) is 33.9 Å². The molecule has 1 aliphatic heterocycles. The summed E-state index contributed by atoms with van der Waals surface area (Å²) in [6.45, 7) is 5.97. The van der Waals surface area contributed by atoms with Crippen molar-refractivity contribution in [3.05, 3.63) is 88.0 Å². The van der Waals surface area contributed by atoms with E-state index in [1.165, 1.54) is 30.5 Å². The van der Waals surface area contributed by atoms with Crippen LogP contribution in [0.3, 0.4) is 0 Å². The number of hydrogen-bond acceptors (Lipinski definition) is 7. The van der Waals surface area contributed by atoms with E-state index in [0.29, 0.717) is 22.2 Å². The average Bonchev–Trinajstić information content (AvgIpc) is 3.40. The molecule has 1 saturated heterocycles. The van der Waals surface area contributed by atoms with E-state index >= 15 is 0 Å². The van der Waals surface area contributed by atoms with Gasteiger partial charge in [0.25, 0.3) is 5.78 Å². The van der Waals surface area contributed by atoms with Gasteiger partial charge in [-0.3, -0.25) is 14.5 Å². The van der Waals surface area contributed by atoms with Crippen LogP contribution < -0.4 is 14.4 Å². The Bertz CT molecular complexity index is 1560. The maximum atomic E-state index is 13.6. The van der Waals surface area contributed by atoms with Gasteiger partial charge < -0.3 is 14.6 Å². The molecule has 0 aliphatic carbocycles. The second-order valence-electron chi connectivity index (χ2n) is 9.05. The van der Waals surface area contributed by atoms with Gasteiger partial charge in [-0.05, 0) is 67.8 Å². The molecule has 0 bridgehead atoms. The van der Waals surface area contributed by atoms with Gasteiger partial charge in [0.2, 0.25) is 0 Å². The van der Waals surface area contributed by atoms with Crippen molar-refractivity contribution >= 4 is 44.1 Å².